The SMILES string of the molecule is CCCCCCCCCCc1ccc(-c2ccc(O[C@H](C)C(=O)O)cc2)cc1. The van der Waals surface area contributed by atoms with Gasteiger partial charge >= 0.3 is 5.97 Å². The van der Waals surface area contributed by atoms with Gasteiger partial charge in [-0.05, 0) is 48.6 Å². The molecule has 0 aliphatic heterocycles. The molecule has 0 heterocycles. The topological polar surface area (TPSA) is 46.5 Å². The maximum atomic E-state index is 10.9. The Morgan fingerprint density at radius 1 is 0.821 bits per heavy atom. The molecule has 0 saturated carbocycles. The summed E-state index contributed by atoms with van der Waals surface area (Å²) < 4.78 is 5.38. The number of benzene rings is 2. The molecule has 2 aromatic carbocycles. The van der Waals surface area contributed by atoms with Crippen LogP contribution in [0.2, 0.25) is 0 Å². The van der Waals surface area contributed by atoms with Crippen LogP contribution in [0, 0.1) is 0 Å². The van der Waals surface area contributed by atoms with Crippen molar-refractivity contribution in [3.05, 3.63) is 54.1 Å². The van der Waals surface area contributed by atoms with Crippen LogP contribution in [0.25, 0.3) is 11.1 Å². The summed E-state index contributed by atoms with van der Waals surface area (Å²) in [6, 6.07) is 16.3. The Morgan fingerprint density at radius 3 is 1.86 bits per heavy atom. The van der Waals surface area contributed by atoms with Crippen LogP contribution in [0.3, 0.4) is 0 Å². The van der Waals surface area contributed by atoms with E-state index in [4.69, 9.17) is 9.84 Å². The van der Waals surface area contributed by atoms with Crippen molar-refractivity contribution in [2.24, 2.45) is 0 Å². The quantitative estimate of drug-likeness (QED) is 0.384. The molecule has 3 heteroatoms. The molecule has 0 amide bonds. The first-order chi connectivity index (χ1) is 13.6. The minimum absolute atomic E-state index is 0.574. The van der Waals surface area contributed by atoms with E-state index in [1.54, 1.807) is 0 Å². The smallest absolute Gasteiger partial charge is 0.344 e. The molecule has 2 rings (SSSR count). The molecule has 0 bridgehead atoms. The fraction of sp³-hybridized carbons (Fsp3) is 0.480. The Morgan fingerprint density at radius 2 is 1.32 bits per heavy atom. The van der Waals surface area contributed by atoms with Gasteiger partial charge in [0.2, 0.25) is 0 Å². The molecular weight excluding hydrogens is 348 g/mol. The molecule has 28 heavy (non-hydrogen) atoms. The Bertz CT molecular complexity index is 689. The number of carboxylic acid groups (broad SMARTS) is 1. The maximum absolute atomic E-state index is 10.9. The summed E-state index contributed by atoms with van der Waals surface area (Å²) in [4.78, 5) is 10.9. The highest BCUT2D eigenvalue weighted by atomic mass is 16.5. The van der Waals surface area contributed by atoms with Crippen LogP contribution >= 0.6 is 0 Å². The molecule has 0 aromatic heterocycles. The fourth-order valence-electron chi connectivity index (χ4n) is 3.31. The van der Waals surface area contributed by atoms with Crippen molar-refractivity contribution in [1.29, 1.82) is 0 Å². The van der Waals surface area contributed by atoms with Crippen LogP contribution < -0.4 is 4.74 Å². The Hall–Kier alpha value is -2.29. The van der Waals surface area contributed by atoms with Crippen LogP contribution in [0.5, 0.6) is 5.75 Å². The highest BCUT2D eigenvalue weighted by Gasteiger charge is 2.12. The van der Waals surface area contributed by atoms with Gasteiger partial charge in [0.15, 0.2) is 6.10 Å². The monoisotopic (exact) mass is 382 g/mol. The van der Waals surface area contributed by atoms with E-state index in [-0.39, 0.29) is 0 Å². The normalized spacial score (nSPS) is 11.9. The average molecular weight is 383 g/mol. The number of carboxylic acids is 1. The van der Waals surface area contributed by atoms with Crippen LogP contribution in [0.1, 0.15) is 70.8 Å². The van der Waals surface area contributed by atoms with Gasteiger partial charge in [-0.3, -0.25) is 0 Å². The lowest BCUT2D eigenvalue weighted by atomic mass is 10.0. The number of ether oxygens (including phenoxy) is 1. The second-order valence-electron chi connectivity index (χ2n) is 7.54. The van der Waals surface area contributed by atoms with E-state index in [2.05, 4.69) is 31.2 Å². The molecule has 0 fully saturated rings. The standard InChI is InChI=1S/C25H34O3/c1-3-4-5-6-7-8-9-10-11-21-12-14-22(15-13-21)23-16-18-24(19-17-23)28-20(2)25(26)27/h12-20H,3-11H2,1-2H3,(H,26,27)/t20-/m1/s1. The van der Waals surface area contributed by atoms with Gasteiger partial charge in [0, 0.05) is 0 Å². The highest BCUT2D eigenvalue weighted by Crippen LogP contribution is 2.24. The molecule has 0 unspecified atom stereocenters. The van der Waals surface area contributed by atoms with Crippen LogP contribution in [0.4, 0.5) is 0 Å². The van der Waals surface area contributed by atoms with E-state index in [0.29, 0.717) is 5.75 Å². The van der Waals surface area contributed by atoms with Gasteiger partial charge in [-0.15, -0.1) is 0 Å². The lowest BCUT2D eigenvalue weighted by Gasteiger charge is -2.11. The van der Waals surface area contributed by atoms with Gasteiger partial charge in [-0.25, -0.2) is 4.79 Å². The van der Waals surface area contributed by atoms with Crippen molar-refractivity contribution >= 4 is 5.97 Å². The van der Waals surface area contributed by atoms with Crippen molar-refractivity contribution in [3.8, 4) is 16.9 Å². The molecule has 152 valence electrons. The zero-order chi connectivity index (χ0) is 20.2. The largest absolute Gasteiger partial charge is 0.479 e. The van der Waals surface area contributed by atoms with Crippen molar-refractivity contribution < 1.29 is 14.6 Å². The number of hydrogen-bond donors (Lipinski definition) is 1. The molecule has 2 aromatic rings. The molecule has 0 aliphatic rings. The van der Waals surface area contributed by atoms with Crippen LogP contribution in [-0.4, -0.2) is 17.2 Å². The Labute approximate surface area is 169 Å². The summed E-state index contributed by atoms with van der Waals surface area (Å²) in [5.41, 5.74) is 3.66. The van der Waals surface area contributed by atoms with Gasteiger partial charge in [-0.2, -0.15) is 0 Å². The molecule has 0 spiro atoms. The summed E-state index contributed by atoms with van der Waals surface area (Å²) in [5.74, 6) is -0.388. The third-order valence-electron chi connectivity index (χ3n) is 5.12. The molecule has 3 nitrogen and oxygen atoms in total. The summed E-state index contributed by atoms with van der Waals surface area (Å²) in [6.45, 7) is 3.79. The van der Waals surface area contributed by atoms with E-state index in [9.17, 15) is 4.79 Å². The summed E-state index contributed by atoms with van der Waals surface area (Å²) in [7, 11) is 0. The second kappa shape index (κ2) is 12.2. The number of hydrogen-bond acceptors (Lipinski definition) is 2. The second-order valence-corrected chi connectivity index (χ2v) is 7.54. The summed E-state index contributed by atoms with van der Waals surface area (Å²) in [5, 5.41) is 8.91. The molecule has 1 atom stereocenters. The van der Waals surface area contributed by atoms with E-state index >= 15 is 0 Å². The van der Waals surface area contributed by atoms with Crippen LogP contribution in [-0.2, 0) is 11.2 Å². The summed E-state index contributed by atoms with van der Waals surface area (Å²) in [6.07, 6.45) is 11.1. The zero-order valence-electron chi connectivity index (χ0n) is 17.3. The number of aryl methyl sites for hydroxylation is 1. The summed E-state index contributed by atoms with van der Waals surface area (Å²) >= 11 is 0. The first-order valence-electron chi connectivity index (χ1n) is 10.7. The van der Waals surface area contributed by atoms with Gasteiger partial charge in [0.05, 0.1) is 0 Å². The number of carbonyl (C=O) groups is 1. The molecular formula is C25H34O3. The molecule has 1 N–H and O–H groups in total. The van der Waals surface area contributed by atoms with E-state index in [1.165, 1.54) is 63.9 Å². The average Bonchev–Trinajstić information content (AvgIpc) is 2.71. The van der Waals surface area contributed by atoms with Gasteiger partial charge in [-0.1, -0.05) is 88.3 Å². The molecule has 0 aliphatic carbocycles. The number of rotatable bonds is 13. The third-order valence-corrected chi connectivity index (χ3v) is 5.12. The lowest BCUT2D eigenvalue weighted by molar-refractivity contribution is -0.144. The van der Waals surface area contributed by atoms with E-state index in [0.717, 1.165) is 17.5 Å². The number of aliphatic carboxylic acids is 1. The lowest BCUT2D eigenvalue weighted by Crippen LogP contribution is -2.22. The predicted molar refractivity (Wildman–Crippen MR) is 116 cm³/mol. The van der Waals surface area contributed by atoms with Crippen molar-refractivity contribution in [3.63, 3.8) is 0 Å². The van der Waals surface area contributed by atoms with E-state index < -0.39 is 12.1 Å². The van der Waals surface area contributed by atoms with Gasteiger partial charge < -0.3 is 9.84 Å². The molecule has 0 saturated heterocycles. The minimum Gasteiger partial charge on any atom is -0.479 e. The van der Waals surface area contributed by atoms with E-state index in [1.807, 2.05) is 24.3 Å². The Kier molecular flexibility index (Phi) is 9.61. The first-order valence-corrected chi connectivity index (χ1v) is 10.7. The van der Waals surface area contributed by atoms with Crippen molar-refractivity contribution in [1.82, 2.24) is 0 Å². The third kappa shape index (κ3) is 7.75. The predicted octanol–water partition coefficient (Wildman–Crippen LogP) is 6.89. The van der Waals surface area contributed by atoms with Gasteiger partial charge in [0.25, 0.3) is 0 Å². The first kappa shape index (κ1) is 22.0. The van der Waals surface area contributed by atoms with Crippen molar-refractivity contribution in [2.75, 3.05) is 0 Å². The maximum Gasteiger partial charge on any atom is 0.344 e. The van der Waals surface area contributed by atoms with Crippen LogP contribution in [0.15, 0.2) is 48.5 Å². The fourth-order valence-corrected chi connectivity index (χ4v) is 3.31. The van der Waals surface area contributed by atoms with Crippen molar-refractivity contribution in [2.45, 2.75) is 77.7 Å². The Balaban J connectivity index is 1.75. The van der Waals surface area contributed by atoms with Gasteiger partial charge in [0.1, 0.15) is 5.75 Å². The molecule has 0 radical (unpaired) electrons. The minimum atomic E-state index is -0.962. The highest BCUT2D eigenvalue weighted by molar-refractivity contribution is 5.72. The zero-order valence-corrected chi connectivity index (χ0v) is 17.3. The number of unbranched alkanes of at least 4 members (excludes halogenated alkanes) is 7.